The van der Waals surface area contributed by atoms with E-state index in [-0.39, 0.29) is 11.5 Å². The first-order valence-corrected chi connectivity index (χ1v) is 7.39. The summed E-state index contributed by atoms with van der Waals surface area (Å²) in [6, 6.07) is 10.4. The van der Waals surface area contributed by atoms with Gasteiger partial charge < -0.3 is 9.84 Å². The van der Waals surface area contributed by atoms with E-state index >= 15 is 0 Å². The van der Waals surface area contributed by atoms with Crippen molar-refractivity contribution in [2.75, 3.05) is 7.11 Å². The van der Waals surface area contributed by atoms with Crippen LogP contribution in [0.2, 0.25) is 5.02 Å². The van der Waals surface area contributed by atoms with E-state index in [0.717, 1.165) is 5.56 Å². The highest BCUT2D eigenvalue weighted by Crippen LogP contribution is 2.49. The Bertz CT molecular complexity index is 768. The Morgan fingerprint density at radius 1 is 1.29 bits per heavy atom. The lowest BCUT2D eigenvalue weighted by Crippen LogP contribution is -1.98. The number of aromatic hydroxyl groups is 1. The molecule has 2 aromatic carbocycles. The summed E-state index contributed by atoms with van der Waals surface area (Å²) in [6.45, 7) is 0. The number of rotatable bonds is 2. The highest BCUT2D eigenvalue weighted by molar-refractivity contribution is 8.05. The Labute approximate surface area is 131 Å². The Balaban J connectivity index is 2.06. The van der Waals surface area contributed by atoms with E-state index in [1.54, 1.807) is 24.3 Å². The third-order valence-corrected chi connectivity index (χ3v) is 4.50. The zero-order valence-corrected chi connectivity index (χ0v) is 12.7. The van der Waals surface area contributed by atoms with Crippen molar-refractivity contribution in [2.24, 2.45) is 0 Å². The molecule has 5 heteroatoms. The van der Waals surface area contributed by atoms with Crippen LogP contribution in [0.15, 0.2) is 46.2 Å². The van der Waals surface area contributed by atoms with E-state index < -0.39 is 0 Å². The summed E-state index contributed by atoms with van der Waals surface area (Å²) >= 11 is 7.19. The molecule has 3 nitrogen and oxygen atoms in total. The summed E-state index contributed by atoms with van der Waals surface area (Å²) in [5.74, 6) is 0.399. The number of carbonyl (C=O) groups is 1. The molecule has 106 valence electrons. The summed E-state index contributed by atoms with van der Waals surface area (Å²) in [7, 11) is 1.50. The molecule has 2 aromatic rings. The number of fused-ring (bicyclic) bond motifs is 1. The number of hydrogen-bond donors (Lipinski definition) is 1. The molecular weight excluding hydrogens is 308 g/mol. The normalized spacial score (nSPS) is 15.3. The maximum absolute atomic E-state index is 12.5. The Hall–Kier alpha value is -1.91. The minimum atomic E-state index is -0.150. The minimum Gasteiger partial charge on any atom is -0.507 e. The quantitative estimate of drug-likeness (QED) is 0.834. The van der Waals surface area contributed by atoms with Gasteiger partial charge in [-0.3, -0.25) is 4.79 Å². The SMILES string of the molecule is COc1ccc(O)c2c1C(=O)/C(=C/c1cccc(Cl)c1)S2. The van der Waals surface area contributed by atoms with E-state index in [1.165, 1.54) is 24.9 Å². The van der Waals surface area contributed by atoms with Crippen LogP contribution in [-0.2, 0) is 0 Å². The maximum atomic E-state index is 12.5. The molecule has 1 aliphatic rings. The minimum absolute atomic E-state index is 0.0821. The molecule has 1 heterocycles. The number of phenols is 1. The summed E-state index contributed by atoms with van der Waals surface area (Å²) in [5, 5.41) is 10.5. The number of hydrogen-bond acceptors (Lipinski definition) is 4. The largest absolute Gasteiger partial charge is 0.507 e. The van der Waals surface area contributed by atoms with Gasteiger partial charge >= 0.3 is 0 Å². The van der Waals surface area contributed by atoms with Crippen LogP contribution in [0.25, 0.3) is 6.08 Å². The third-order valence-electron chi connectivity index (χ3n) is 3.13. The van der Waals surface area contributed by atoms with Crippen molar-refractivity contribution in [3.63, 3.8) is 0 Å². The maximum Gasteiger partial charge on any atom is 0.204 e. The molecule has 0 unspecified atom stereocenters. The average Bonchev–Trinajstić information content (AvgIpc) is 2.78. The van der Waals surface area contributed by atoms with Gasteiger partial charge in [0.15, 0.2) is 0 Å². The molecule has 0 amide bonds. The van der Waals surface area contributed by atoms with Gasteiger partial charge in [0, 0.05) is 5.02 Å². The van der Waals surface area contributed by atoms with Crippen LogP contribution in [-0.4, -0.2) is 18.0 Å². The second kappa shape index (κ2) is 5.47. The summed E-state index contributed by atoms with van der Waals surface area (Å²) in [6.07, 6.45) is 1.76. The zero-order valence-electron chi connectivity index (χ0n) is 11.1. The number of phenolic OH excluding ortho intramolecular Hbond substituents is 1. The van der Waals surface area contributed by atoms with E-state index in [2.05, 4.69) is 0 Å². The number of halogens is 1. The molecule has 21 heavy (non-hydrogen) atoms. The van der Waals surface area contributed by atoms with E-state index in [1.807, 2.05) is 12.1 Å². The number of carbonyl (C=O) groups excluding carboxylic acids is 1. The van der Waals surface area contributed by atoms with Crippen LogP contribution < -0.4 is 4.74 Å². The number of Topliss-reactive ketones (excluding diaryl/α,β-unsaturated/α-hetero) is 1. The predicted molar refractivity (Wildman–Crippen MR) is 84.3 cm³/mol. The molecule has 0 atom stereocenters. The van der Waals surface area contributed by atoms with Crippen LogP contribution in [0.5, 0.6) is 11.5 Å². The van der Waals surface area contributed by atoms with Crippen molar-refractivity contribution >= 4 is 35.2 Å². The van der Waals surface area contributed by atoms with Crippen molar-refractivity contribution in [1.82, 2.24) is 0 Å². The standard InChI is InChI=1S/C16H11ClO3S/c1-20-12-6-5-11(18)16-14(12)15(19)13(21-16)8-9-3-2-4-10(17)7-9/h2-8,18H,1H3/b13-8-. The van der Waals surface area contributed by atoms with Gasteiger partial charge in [-0.1, -0.05) is 35.5 Å². The van der Waals surface area contributed by atoms with Gasteiger partial charge in [-0.15, -0.1) is 0 Å². The van der Waals surface area contributed by atoms with Crippen molar-refractivity contribution in [2.45, 2.75) is 4.90 Å². The van der Waals surface area contributed by atoms with Gasteiger partial charge in [-0.25, -0.2) is 0 Å². The lowest BCUT2D eigenvalue weighted by atomic mass is 10.1. The first-order valence-electron chi connectivity index (χ1n) is 6.20. The Morgan fingerprint density at radius 3 is 2.81 bits per heavy atom. The fraction of sp³-hybridized carbons (Fsp3) is 0.0625. The number of allylic oxidation sites excluding steroid dienone is 1. The molecule has 0 saturated carbocycles. The molecule has 0 fully saturated rings. The summed E-state index contributed by atoms with van der Waals surface area (Å²) in [4.78, 5) is 13.6. The summed E-state index contributed by atoms with van der Waals surface area (Å²) < 4.78 is 5.21. The number of benzene rings is 2. The molecule has 0 aromatic heterocycles. The van der Waals surface area contributed by atoms with Crippen molar-refractivity contribution in [3.8, 4) is 11.5 Å². The Morgan fingerprint density at radius 2 is 2.10 bits per heavy atom. The molecule has 0 aliphatic carbocycles. The molecule has 0 bridgehead atoms. The van der Waals surface area contributed by atoms with Crippen molar-refractivity contribution in [3.05, 3.63) is 57.5 Å². The Kier molecular flexibility index (Phi) is 3.66. The number of ketones is 1. The van der Waals surface area contributed by atoms with Crippen LogP contribution in [0, 0.1) is 0 Å². The van der Waals surface area contributed by atoms with Crippen molar-refractivity contribution < 1.29 is 14.6 Å². The van der Waals surface area contributed by atoms with E-state index in [0.29, 0.717) is 26.1 Å². The van der Waals surface area contributed by atoms with Gasteiger partial charge in [-0.05, 0) is 35.9 Å². The van der Waals surface area contributed by atoms with Crippen LogP contribution >= 0.6 is 23.4 Å². The molecule has 3 rings (SSSR count). The molecule has 0 spiro atoms. The third kappa shape index (κ3) is 2.52. The van der Waals surface area contributed by atoms with Crippen LogP contribution in [0.3, 0.4) is 0 Å². The lowest BCUT2D eigenvalue weighted by molar-refractivity contribution is 0.104. The number of ether oxygens (including phenoxy) is 1. The second-order valence-corrected chi connectivity index (χ2v) is 5.97. The van der Waals surface area contributed by atoms with Crippen molar-refractivity contribution in [1.29, 1.82) is 0 Å². The number of thioether (sulfide) groups is 1. The van der Waals surface area contributed by atoms with Gasteiger partial charge in [0.05, 0.1) is 22.5 Å². The molecule has 1 aliphatic heterocycles. The lowest BCUT2D eigenvalue weighted by Gasteiger charge is -2.05. The zero-order chi connectivity index (χ0) is 15.0. The number of methoxy groups -OCH3 is 1. The molecule has 0 saturated heterocycles. The van der Waals surface area contributed by atoms with Crippen LogP contribution in [0.4, 0.5) is 0 Å². The average molecular weight is 319 g/mol. The molecular formula is C16H11ClO3S. The fourth-order valence-corrected chi connectivity index (χ4v) is 3.44. The highest BCUT2D eigenvalue weighted by atomic mass is 35.5. The van der Waals surface area contributed by atoms with Gasteiger partial charge in [0.2, 0.25) is 5.78 Å². The van der Waals surface area contributed by atoms with E-state index in [4.69, 9.17) is 16.3 Å². The fourth-order valence-electron chi connectivity index (χ4n) is 2.16. The molecule has 0 radical (unpaired) electrons. The van der Waals surface area contributed by atoms with Gasteiger partial charge in [-0.2, -0.15) is 0 Å². The smallest absolute Gasteiger partial charge is 0.204 e. The molecule has 1 N–H and O–H groups in total. The van der Waals surface area contributed by atoms with E-state index in [9.17, 15) is 9.90 Å². The summed E-state index contributed by atoms with van der Waals surface area (Å²) in [5.41, 5.74) is 1.25. The van der Waals surface area contributed by atoms with Gasteiger partial charge in [0.1, 0.15) is 11.5 Å². The first kappa shape index (κ1) is 14.0. The van der Waals surface area contributed by atoms with Gasteiger partial charge in [0.25, 0.3) is 0 Å². The van der Waals surface area contributed by atoms with Crippen LogP contribution in [0.1, 0.15) is 15.9 Å². The predicted octanol–water partition coefficient (Wildman–Crippen LogP) is 4.38. The second-order valence-electron chi connectivity index (χ2n) is 4.49. The monoisotopic (exact) mass is 318 g/mol. The highest BCUT2D eigenvalue weighted by Gasteiger charge is 2.31. The first-order chi connectivity index (χ1) is 10.1. The topological polar surface area (TPSA) is 46.5 Å².